The van der Waals surface area contributed by atoms with Crippen LogP contribution in [0.15, 0.2) is 66.0 Å². The molecule has 9 nitrogen and oxygen atoms in total. The molecule has 1 aliphatic carbocycles. The van der Waals surface area contributed by atoms with Gasteiger partial charge in [-0.2, -0.15) is 0 Å². The highest BCUT2D eigenvalue weighted by Gasteiger charge is 2.49. The average molecular weight is 491 g/mol. The van der Waals surface area contributed by atoms with Gasteiger partial charge in [-0.3, -0.25) is 19.7 Å². The van der Waals surface area contributed by atoms with Crippen LogP contribution < -0.4 is 14.8 Å². The van der Waals surface area contributed by atoms with Crippen LogP contribution in [-0.2, 0) is 20.9 Å². The van der Waals surface area contributed by atoms with Gasteiger partial charge in [0.15, 0.2) is 17.3 Å². The molecule has 2 aliphatic heterocycles. The normalized spacial score (nSPS) is 22.1. The summed E-state index contributed by atoms with van der Waals surface area (Å²) in [6.45, 7) is 7.99. The number of nitro groups is 1. The standard InChI is InChI=1S/C27H26N2O7/c1-15-23(26(31)34-13-16-7-5-4-6-8-16)24(25-18(28-15)11-27(2,3)12-20(25)30)17-9-21-22(36-14-35-21)10-19(17)29(32)33/h4-10,23-24,28H,1,11-14H2,2-3H3. The van der Waals surface area contributed by atoms with Gasteiger partial charge >= 0.3 is 5.97 Å². The molecule has 2 aromatic carbocycles. The first-order valence-corrected chi connectivity index (χ1v) is 11.7. The Morgan fingerprint density at radius 1 is 1.19 bits per heavy atom. The molecule has 0 saturated heterocycles. The number of benzene rings is 2. The van der Waals surface area contributed by atoms with Crippen LogP contribution in [0.5, 0.6) is 11.5 Å². The summed E-state index contributed by atoms with van der Waals surface area (Å²) < 4.78 is 16.5. The highest BCUT2D eigenvalue weighted by atomic mass is 16.7. The van der Waals surface area contributed by atoms with Gasteiger partial charge in [0.25, 0.3) is 5.69 Å². The minimum Gasteiger partial charge on any atom is -0.460 e. The van der Waals surface area contributed by atoms with Gasteiger partial charge in [-0.25, -0.2) is 0 Å². The lowest BCUT2D eigenvalue weighted by Crippen LogP contribution is -2.43. The average Bonchev–Trinajstić information content (AvgIpc) is 3.28. The Bertz CT molecular complexity index is 1310. The van der Waals surface area contributed by atoms with E-state index in [2.05, 4.69) is 11.9 Å². The Kier molecular flexibility index (Phi) is 5.78. The molecule has 0 amide bonds. The third kappa shape index (κ3) is 4.21. The Morgan fingerprint density at radius 2 is 1.89 bits per heavy atom. The zero-order chi connectivity index (χ0) is 25.6. The van der Waals surface area contributed by atoms with Gasteiger partial charge in [-0.05, 0) is 23.5 Å². The molecule has 0 fully saturated rings. The van der Waals surface area contributed by atoms with Gasteiger partial charge in [-0.1, -0.05) is 50.8 Å². The third-order valence-electron chi connectivity index (χ3n) is 6.78. The summed E-state index contributed by atoms with van der Waals surface area (Å²) in [5.74, 6) is -2.25. The van der Waals surface area contributed by atoms with Crippen molar-refractivity contribution in [2.24, 2.45) is 11.3 Å². The second-order valence-corrected chi connectivity index (χ2v) is 10.1. The fourth-order valence-corrected chi connectivity index (χ4v) is 5.23. The largest absolute Gasteiger partial charge is 0.460 e. The number of Topliss-reactive ketones (excluding diaryl/α,β-unsaturated/α-hetero) is 1. The second-order valence-electron chi connectivity index (χ2n) is 10.1. The minimum atomic E-state index is -1.06. The molecule has 2 heterocycles. The first-order chi connectivity index (χ1) is 17.1. The quantitative estimate of drug-likeness (QED) is 0.369. The maximum Gasteiger partial charge on any atom is 0.316 e. The van der Waals surface area contributed by atoms with E-state index in [1.807, 2.05) is 44.2 Å². The van der Waals surface area contributed by atoms with E-state index in [-0.39, 0.29) is 48.0 Å². The first kappa shape index (κ1) is 23.6. The van der Waals surface area contributed by atoms with E-state index < -0.39 is 22.7 Å². The molecule has 0 bridgehead atoms. The topological polar surface area (TPSA) is 117 Å². The lowest BCUT2D eigenvalue weighted by atomic mass is 9.66. The first-order valence-electron chi connectivity index (χ1n) is 11.7. The number of rotatable bonds is 5. The maximum absolute atomic E-state index is 13.5. The van der Waals surface area contributed by atoms with Crippen molar-refractivity contribution in [2.45, 2.75) is 39.2 Å². The number of hydrogen-bond acceptors (Lipinski definition) is 8. The Balaban J connectivity index is 1.63. The molecule has 9 heteroatoms. The fraction of sp³-hybridized carbons (Fsp3) is 0.333. The van der Waals surface area contributed by atoms with Crippen LogP contribution in [0.4, 0.5) is 5.69 Å². The van der Waals surface area contributed by atoms with E-state index in [0.29, 0.717) is 29.1 Å². The van der Waals surface area contributed by atoms with Crippen molar-refractivity contribution in [1.29, 1.82) is 0 Å². The summed E-state index contributed by atoms with van der Waals surface area (Å²) in [7, 11) is 0. The molecule has 2 aromatic rings. The summed E-state index contributed by atoms with van der Waals surface area (Å²) >= 11 is 0. The molecule has 1 N–H and O–H groups in total. The van der Waals surface area contributed by atoms with E-state index in [1.54, 1.807) is 0 Å². The number of allylic oxidation sites excluding steroid dienone is 2. The molecule has 0 aromatic heterocycles. The van der Waals surface area contributed by atoms with E-state index >= 15 is 0 Å². The smallest absolute Gasteiger partial charge is 0.316 e. The molecular formula is C27H26N2O7. The molecule has 186 valence electrons. The van der Waals surface area contributed by atoms with Gasteiger partial charge in [0.05, 0.1) is 11.0 Å². The fourth-order valence-electron chi connectivity index (χ4n) is 5.23. The van der Waals surface area contributed by atoms with Gasteiger partial charge < -0.3 is 19.5 Å². The van der Waals surface area contributed by atoms with E-state index in [1.165, 1.54) is 12.1 Å². The predicted octanol–water partition coefficient (Wildman–Crippen LogP) is 4.53. The molecule has 0 saturated carbocycles. The van der Waals surface area contributed by atoms with Crippen molar-refractivity contribution >= 4 is 17.4 Å². The van der Waals surface area contributed by atoms with Gasteiger partial charge in [0.1, 0.15) is 12.5 Å². The van der Waals surface area contributed by atoms with Crippen LogP contribution in [0.2, 0.25) is 0 Å². The van der Waals surface area contributed by atoms with Crippen LogP contribution in [-0.4, -0.2) is 23.5 Å². The van der Waals surface area contributed by atoms with E-state index in [0.717, 1.165) is 5.56 Å². The van der Waals surface area contributed by atoms with E-state index in [9.17, 15) is 19.7 Å². The molecular weight excluding hydrogens is 464 g/mol. The van der Waals surface area contributed by atoms with Crippen molar-refractivity contribution in [3.05, 3.63) is 87.3 Å². The van der Waals surface area contributed by atoms with Crippen molar-refractivity contribution in [3.8, 4) is 11.5 Å². The summed E-state index contributed by atoms with van der Waals surface area (Å²) in [5, 5.41) is 15.3. The molecule has 0 spiro atoms. The highest BCUT2D eigenvalue weighted by molar-refractivity contribution is 6.01. The van der Waals surface area contributed by atoms with Crippen LogP contribution in [0.1, 0.15) is 43.7 Å². The van der Waals surface area contributed by atoms with Gasteiger partial charge in [-0.15, -0.1) is 0 Å². The number of fused-ring (bicyclic) bond motifs is 1. The number of ether oxygens (including phenoxy) is 3. The molecule has 3 aliphatic rings. The van der Waals surface area contributed by atoms with Crippen molar-refractivity contribution in [2.75, 3.05) is 6.79 Å². The second kappa shape index (κ2) is 8.82. The van der Waals surface area contributed by atoms with Crippen molar-refractivity contribution < 1.29 is 28.7 Å². The monoisotopic (exact) mass is 490 g/mol. The summed E-state index contributed by atoms with van der Waals surface area (Å²) in [4.78, 5) is 38.6. The minimum absolute atomic E-state index is 0.0201. The predicted molar refractivity (Wildman–Crippen MR) is 129 cm³/mol. The van der Waals surface area contributed by atoms with Crippen LogP contribution in [0, 0.1) is 21.4 Å². The molecule has 36 heavy (non-hydrogen) atoms. The van der Waals surface area contributed by atoms with Crippen molar-refractivity contribution in [3.63, 3.8) is 0 Å². The summed E-state index contributed by atoms with van der Waals surface area (Å²) in [5.41, 5.74) is 1.72. The van der Waals surface area contributed by atoms with Gasteiger partial charge in [0.2, 0.25) is 6.79 Å². The number of hydrogen-bond donors (Lipinski definition) is 1. The zero-order valence-corrected chi connectivity index (χ0v) is 20.0. The van der Waals surface area contributed by atoms with Crippen LogP contribution in [0.25, 0.3) is 0 Å². The molecule has 2 unspecified atom stereocenters. The molecule has 2 atom stereocenters. The Morgan fingerprint density at radius 3 is 2.58 bits per heavy atom. The Labute approximate surface area is 207 Å². The SMILES string of the molecule is C=C1NC2=C(C(=O)CC(C)(C)C2)C(c2cc3c(cc2[N+](=O)[O-])OCO3)C1C(=O)OCc1ccccc1. The number of nitrogens with zero attached hydrogens (tertiary/aromatic N) is 1. The van der Waals surface area contributed by atoms with Crippen molar-refractivity contribution in [1.82, 2.24) is 5.32 Å². The van der Waals surface area contributed by atoms with Crippen LogP contribution >= 0.6 is 0 Å². The Hall–Kier alpha value is -4.14. The number of carbonyl (C=O) groups is 2. The maximum atomic E-state index is 13.5. The summed E-state index contributed by atoms with van der Waals surface area (Å²) in [6.07, 6.45) is 0.786. The highest BCUT2D eigenvalue weighted by Crippen LogP contribution is 2.52. The van der Waals surface area contributed by atoms with Gasteiger partial charge in [0, 0.05) is 34.9 Å². The lowest BCUT2D eigenvalue weighted by Gasteiger charge is -2.42. The zero-order valence-electron chi connectivity index (χ0n) is 20.0. The number of nitrogens with one attached hydrogen (secondary N) is 1. The number of ketones is 1. The summed E-state index contributed by atoms with van der Waals surface area (Å²) in [6, 6.07) is 12.0. The number of carbonyl (C=O) groups excluding carboxylic acids is 2. The van der Waals surface area contributed by atoms with Crippen LogP contribution in [0.3, 0.4) is 0 Å². The van der Waals surface area contributed by atoms with E-state index in [4.69, 9.17) is 14.2 Å². The number of esters is 1. The number of nitro benzene ring substituents is 1. The lowest BCUT2D eigenvalue weighted by molar-refractivity contribution is -0.385. The molecule has 0 radical (unpaired) electrons. The molecule has 5 rings (SSSR count). The third-order valence-corrected chi connectivity index (χ3v) is 6.78.